The van der Waals surface area contributed by atoms with Gasteiger partial charge in [0, 0.05) is 5.92 Å². The molecule has 1 N–H and O–H groups in total. The maximum Gasteiger partial charge on any atom is 0.0643 e. The molecule has 1 aliphatic rings. The minimum Gasteiger partial charge on any atom is -0.392 e. The van der Waals surface area contributed by atoms with Gasteiger partial charge >= 0.3 is 0 Å². The summed E-state index contributed by atoms with van der Waals surface area (Å²) in [5.41, 5.74) is 1.22. The third kappa shape index (κ3) is 2.24. The van der Waals surface area contributed by atoms with Crippen molar-refractivity contribution >= 4 is 0 Å². The fourth-order valence-corrected chi connectivity index (χ4v) is 1.98. The third-order valence-corrected chi connectivity index (χ3v) is 2.83. The Morgan fingerprint density at radius 1 is 1.29 bits per heavy atom. The van der Waals surface area contributed by atoms with Crippen LogP contribution in [0.2, 0.25) is 0 Å². The minimum atomic E-state index is -0.212. The molecule has 0 spiro atoms. The van der Waals surface area contributed by atoms with Crippen LogP contribution in [-0.2, 0) is 6.42 Å². The molecular weight excluding hydrogens is 172 g/mol. The average molecular weight is 188 g/mol. The maximum atomic E-state index is 9.95. The van der Waals surface area contributed by atoms with Crippen molar-refractivity contribution in [3.8, 4) is 0 Å². The molecule has 2 atom stereocenters. The molecule has 74 valence electrons. The summed E-state index contributed by atoms with van der Waals surface area (Å²) >= 11 is 0. The highest BCUT2D eigenvalue weighted by Crippen LogP contribution is 2.22. The monoisotopic (exact) mass is 188 g/mol. The second-order valence-corrected chi connectivity index (χ2v) is 3.93. The molecular formula is C13H16O. The lowest BCUT2D eigenvalue weighted by molar-refractivity contribution is 0.130. The molecule has 1 aromatic rings. The topological polar surface area (TPSA) is 20.2 Å². The van der Waals surface area contributed by atoms with Gasteiger partial charge in [0.2, 0.25) is 0 Å². The molecule has 0 aromatic heterocycles. The van der Waals surface area contributed by atoms with Gasteiger partial charge in [0.1, 0.15) is 0 Å². The second-order valence-electron chi connectivity index (χ2n) is 3.93. The van der Waals surface area contributed by atoms with E-state index in [9.17, 15) is 5.11 Å². The van der Waals surface area contributed by atoms with Crippen molar-refractivity contribution in [3.63, 3.8) is 0 Å². The van der Waals surface area contributed by atoms with Crippen LogP contribution >= 0.6 is 0 Å². The number of hydrogen-bond donors (Lipinski definition) is 1. The normalized spacial score (nSPS) is 22.5. The van der Waals surface area contributed by atoms with Crippen LogP contribution in [0, 0.1) is 5.92 Å². The van der Waals surface area contributed by atoms with E-state index in [0.29, 0.717) is 5.92 Å². The van der Waals surface area contributed by atoms with E-state index < -0.39 is 0 Å². The summed E-state index contributed by atoms with van der Waals surface area (Å²) < 4.78 is 0. The SMILES string of the molecule is O[C@H](Cc1ccccc1)C1C=CCC1. The second kappa shape index (κ2) is 4.43. The summed E-state index contributed by atoms with van der Waals surface area (Å²) in [6.45, 7) is 0. The predicted molar refractivity (Wildman–Crippen MR) is 58.0 cm³/mol. The van der Waals surface area contributed by atoms with E-state index in [1.54, 1.807) is 0 Å². The van der Waals surface area contributed by atoms with Crippen molar-refractivity contribution in [2.24, 2.45) is 5.92 Å². The molecule has 0 saturated heterocycles. The summed E-state index contributed by atoms with van der Waals surface area (Å²) in [6, 6.07) is 10.2. The molecule has 0 bridgehead atoms. The quantitative estimate of drug-likeness (QED) is 0.723. The smallest absolute Gasteiger partial charge is 0.0643 e. The van der Waals surface area contributed by atoms with Crippen molar-refractivity contribution in [2.45, 2.75) is 25.4 Å². The first kappa shape index (κ1) is 9.47. The van der Waals surface area contributed by atoms with E-state index in [1.165, 1.54) is 5.56 Å². The zero-order valence-corrected chi connectivity index (χ0v) is 8.26. The van der Waals surface area contributed by atoms with E-state index in [2.05, 4.69) is 24.3 Å². The molecule has 1 unspecified atom stereocenters. The summed E-state index contributed by atoms with van der Waals surface area (Å²) in [6.07, 6.45) is 7.10. The molecule has 0 aliphatic heterocycles. The molecule has 2 rings (SSSR count). The molecule has 1 nitrogen and oxygen atoms in total. The van der Waals surface area contributed by atoms with E-state index in [4.69, 9.17) is 0 Å². The van der Waals surface area contributed by atoms with E-state index in [1.807, 2.05) is 18.2 Å². The Bertz CT molecular complexity index is 302. The van der Waals surface area contributed by atoms with Gasteiger partial charge in [0.25, 0.3) is 0 Å². The molecule has 14 heavy (non-hydrogen) atoms. The molecule has 1 aromatic carbocycles. The average Bonchev–Trinajstić information content (AvgIpc) is 2.72. The van der Waals surface area contributed by atoms with Crippen molar-refractivity contribution in [1.82, 2.24) is 0 Å². The van der Waals surface area contributed by atoms with Gasteiger partial charge < -0.3 is 5.11 Å². The molecule has 0 radical (unpaired) electrons. The van der Waals surface area contributed by atoms with E-state index >= 15 is 0 Å². The zero-order valence-electron chi connectivity index (χ0n) is 8.26. The van der Waals surface area contributed by atoms with Gasteiger partial charge in [0.05, 0.1) is 6.10 Å². The van der Waals surface area contributed by atoms with Crippen LogP contribution in [0.1, 0.15) is 18.4 Å². The van der Waals surface area contributed by atoms with Crippen LogP contribution in [0.25, 0.3) is 0 Å². The highest BCUT2D eigenvalue weighted by atomic mass is 16.3. The lowest BCUT2D eigenvalue weighted by atomic mass is 9.96. The number of rotatable bonds is 3. The van der Waals surface area contributed by atoms with Crippen LogP contribution < -0.4 is 0 Å². The van der Waals surface area contributed by atoms with Crippen molar-refractivity contribution in [1.29, 1.82) is 0 Å². The first-order chi connectivity index (χ1) is 6.86. The maximum absolute atomic E-state index is 9.95. The first-order valence-corrected chi connectivity index (χ1v) is 5.25. The minimum absolute atomic E-state index is 0.212. The van der Waals surface area contributed by atoms with Gasteiger partial charge in [-0.2, -0.15) is 0 Å². The Hall–Kier alpha value is -1.08. The van der Waals surface area contributed by atoms with Crippen LogP contribution in [0.4, 0.5) is 0 Å². The number of allylic oxidation sites excluding steroid dienone is 1. The number of aliphatic hydroxyl groups is 1. The van der Waals surface area contributed by atoms with Crippen LogP contribution in [0.15, 0.2) is 42.5 Å². The van der Waals surface area contributed by atoms with Crippen LogP contribution in [0.5, 0.6) is 0 Å². The van der Waals surface area contributed by atoms with Gasteiger partial charge in [-0.25, -0.2) is 0 Å². The van der Waals surface area contributed by atoms with Crippen LogP contribution in [-0.4, -0.2) is 11.2 Å². The lowest BCUT2D eigenvalue weighted by Gasteiger charge is -2.16. The van der Waals surface area contributed by atoms with Gasteiger partial charge in [0.15, 0.2) is 0 Å². The largest absolute Gasteiger partial charge is 0.392 e. The third-order valence-electron chi connectivity index (χ3n) is 2.83. The van der Waals surface area contributed by atoms with E-state index in [0.717, 1.165) is 19.3 Å². The first-order valence-electron chi connectivity index (χ1n) is 5.25. The predicted octanol–water partition coefficient (Wildman–Crippen LogP) is 2.56. The molecule has 1 aliphatic carbocycles. The molecule has 1 heteroatoms. The van der Waals surface area contributed by atoms with Gasteiger partial charge in [-0.05, 0) is 24.8 Å². The Morgan fingerprint density at radius 3 is 2.71 bits per heavy atom. The van der Waals surface area contributed by atoms with Crippen molar-refractivity contribution in [2.75, 3.05) is 0 Å². The number of aliphatic hydroxyl groups excluding tert-OH is 1. The van der Waals surface area contributed by atoms with Crippen molar-refractivity contribution < 1.29 is 5.11 Å². The summed E-state index contributed by atoms with van der Waals surface area (Å²) in [5.74, 6) is 0.371. The van der Waals surface area contributed by atoms with Gasteiger partial charge in [-0.15, -0.1) is 0 Å². The fraction of sp³-hybridized carbons (Fsp3) is 0.385. The van der Waals surface area contributed by atoms with E-state index in [-0.39, 0.29) is 6.10 Å². The van der Waals surface area contributed by atoms with Crippen LogP contribution in [0.3, 0.4) is 0 Å². The Labute approximate surface area is 85.1 Å². The van der Waals surface area contributed by atoms with Gasteiger partial charge in [-0.1, -0.05) is 42.5 Å². The highest BCUT2D eigenvalue weighted by Gasteiger charge is 2.18. The number of hydrogen-bond acceptors (Lipinski definition) is 1. The highest BCUT2D eigenvalue weighted by molar-refractivity contribution is 5.16. The van der Waals surface area contributed by atoms with Gasteiger partial charge in [-0.3, -0.25) is 0 Å². The summed E-state index contributed by atoms with van der Waals surface area (Å²) in [4.78, 5) is 0. The zero-order chi connectivity index (χ0) is 9.80. The molecule has 0 amide bonds. The standard InChI is InChI=1S/C13H16O/c14-13(12-8-4-5-9-12)10-11-6-2-1-3-7-11/h1-4,6-8,12-14H,5,9-10H2/t12?,13-/m1/s1. The Morgan fingerprint density at radius 2 is 2.07 bits per heavy atom. The fourth-order valence-electron chi connectivity index (χ4n) is 1.98. The molecule has 0 saturated carbocycles. The number of benzene rings is 1. The Balaban J connectivity index is 1.94. The summed E-state index contributed by atoms with van der Waals surface area (Å²) in [5, 5.41) is 9.95. The molecule has 0 heterocycles. The van der Waals surface area contributed by atoms with Crippen molar-refractivity contribution in [3.05, 3.63) is 48.0 Å². The summed E-state index contributed by atoms with van der Waals surface area (Å²) in [7, 11) is 0. The Kier molecular flexibility index (Phi) is 3.00. The molecule has 0 fully saturated rings. The lowest BCUT2D eigenvalue weighted by Crippen LogP contribution is -2.19.